The molecule has 1 aromatic heterocycles. The van der Waals surface area contributed by atoms with E-state index < -0.39 is 6.04 Å². The van der Waals surface area contributed by atoms with Crippen molar-refractivity contribution in [3.8, 4) is 11.4 Å². The molecule has 2 aromatic rings. The molecule has 1 aliphatic carbocycles. The number of hydrogen-bond acceptors (Lipinski definition) is 4. The maximum absolute atomic E-state index is 12.9. The number of nitrogens with zero attached hydrogens (tertiary/aromatic N) is 3. The molecule has 0 unspecified atom stereocenters. The number of piperazine rings is 1. The van der Waals surface area contributed by atoms with E-state index in [0.29, 0.717) is 25.7 Å². The highest BCUT2D eigenvalue weighted by Crippen LogP contribution is 2.20. The molecule has 7 heteroatoms. The van der Waals surface area contributed by atoms with Crippen molar-refractivity contribution in [1.82, 2.24) is 25.1 Å². The zero-order valence-corrected chi connectivity index (χ0v) is 14.6. The quantitative estimate of drug-likeness (QED) is 0.826. The van der Waals surface area contributed by atoms with Crippen LogP contribution >= 0.6 is 0 Å². The zero-order chi connectivity index (χ0) is 17.9. The Kier molecular flexibility index (Phi) is 4.71. The maximum atomic E-state index is 12.9. The van der Waals surface area contributed by atoms with Crippen molar-refractivity contribution in [1.29, 1.82) is 0 Å². The lowest BCUT2D eigenvalue weighted by molar-refractivity contribution is -0.142. The Labute approximate surface area is 152 Å². The molecular weight excluding hydrogens is 330 g/mol. The van der Waals surface area contributed by atoms with Crippen molar-refractivity contribution in [3.05, 3.63) is 42.7 Å². The summed E-state index contributed by atoms with van der Waals surface area (Å²) in [7, 11) is 0. The van der Waals surface area contributed by atoms with E-state index in [1.165, 1.54) is 0 Å². The van der Waals surface area contributed by atoms with Gasteiger partial charge in [0.2, 0.25) is 11.8 Å². The summed E-state index contributed by atoms with van der Waals surface area (Å²) in [6.07, 6.45) is 5.58. The molecule has 26 heavy (non-hydrogen) atoms. The van der Waals surface area contributed by atoms with Gasteiger partial charge in [-0.3, -0.25) is 9.59 Å². The van der Waals surface area contributed by atoms with Crippen LogP contribution in [0.1, 0.15) is 12.8 Å². The minimum Gasteiger partial charge on any atom is -0.352 e. The fourth-order valence-electron chi connectivity index (χ4n) is 3.28. The maximum Gasteiger partial charge on any atom is 0.244 e. The summed E-state index contributed by atoms with van der Waals surface area (Å²) >= 11 is 0. The van der Waals surface area contributed by atoms with Crippen LogP contribution in [0.25, 0.3) is 11.4 Å². The second-order valence-electron chi connectivity index (χ2n) is 6.83. The van der Waals surface area contributed by atoms with Gasteiger partial charge in [-0.25, -0.2) is 4.98 Å². The smallest absolute Gasteiger partial charge is 0.244 e. The number of hydrogen-bond donors (Lipinski definition) is 2. The third-order valence-corrected chi connectivity index (χ3v) is 4.84. The minimum atomic E-state index is -0.444. The third-order valence-electron chi connectivity index (χ3n) is 4.84. The average Bonchev–Trinajstić information content (AvgIpc) is 3.37. The molecule has 1 atom stereocenters. The molecular formula is C19H23N5O2. The molecule has 2 N–H and O–H groups in total. The summed E-state index contributed by atoms with van der Waals surface area (Å²) in [4.78, 5) is 31.5. The molecule has 4 rings (SSSR count). The molecule has 136 valence electrons. The SMILES string of the molecule is O=C(NC1CC1)[C@H]1CNCCN1C(=O)Cn1ccnc1-c1ccccc1. The first kappa shape index (κ1) is 16.8. The molecule has 2 fully saturated rings. The molecule has 1 saturated carbocycles. The van der Waals surface area contributed by atoms with E-state index in [1.54, 1.807) is 11.1 Å². The fourth-order valence-corrected chi connectivity index (χ4v) is 3.28. The summed E-state index contributed by atoms with van der Waals surface area (Å²) in [5.74, 6) is 0.646. The molecule has 0 spiro atoms. The zero-order valence-electron chi connectivity index (χ0n) is 14.6. The first-order valence-corrected chi connectivity index (χ1v) is 9.09. The number of aromatic nitrogens is 2. The van der Waals surface area contributed by atoms with Crippen LogP contribution in [0.3, 0.4) is 0 Å². The molecule has 0 bridgehead atoms. The predicted molar refractivity (Wildman–Crippen MR) is 97.2 cm³/mol. The van der Waals surface area contributed by atoms with Crippen molar-refractivity contribution < 1.29 is 9.59 Å². The molecule has 2 aliphatic rings. The number of amides is 2. The van der Waals surface area contributed by atoms with Gasteiger partial charge in [0.05, 0.1) is 0 Å². The molecule has 7 nitrogen and oxygen atoms in total. The highest BCUT2D eigenvalue weighted by atomic mass is 16.2. The Bertz CT molecular complexity index is 784. The summed E-state index contributed by atoms with van der Waals surface area (Å²) < 4.78 is 1.84. The van der Waals surface area contributed by atoms with Crippen LogP contribution in [0.4, 0.5) is 0 Å². The minimum absolute atomic E-state index is 0.0537. The van der Waals surface area contributed by atoms with Gasteiger partial charge in [-0.2, -0.15) is 0 Å². The Balaban J connectivity index is 1.48. The molecule has 0 radical (unpaired) electrons. The van der Waals surface area contributed by atoms with Crippen molar-refractivity contribution in [2.75, 3.05) is 19.6 Å². The predicted octanol–water partition coefficient (Wildman–Crippen LogP) is 0.629. The van der Waals surface area contributed by atoms with Crippen molar-refractivity contribution in [2.45, 2.75) is 31.5 Å². The first-order valence-electron chi connectivity index (χ1n) is 9.09. The summed E-state index contributed by atoms with van der Waals surface area (Å²) in [5.41, 5.74) is 0.966. The normalized spacial score (nSPS) is 20.0. The van der Waals surface area contributed by atoms with Crippen molar-refractivity contribution >= 4 is 11.8 Å². The molecule has 2 heterocycles. The largest absolute Gasteiger partial charge is 0.352 e. The Hall–Kier alpha value is -2.67. The standard InChI is InChI=1S/C19H23N5O2/c25-17(13-23-10-9-21-18(23)14-4-2-1-3-5-14)24-11-8-20-12-16(24)19(26)22-15-6-7-15/h1-5,9-10,15-16,20H,6-8,11-13H2,(H,22,26)/t16-/m1/s1. The second-order valence-corrected chi connectivity index (χ2v) is 6.83. The van der Waals surface area contributed by atoms with Crippen molar-refractivity contribution in [3.63, 3.8) is 0 Å². The van der Waals surface area contributed by atoms with Gasteiger partial charge in [0, 0.05) is 43.6 Å². The monoisotopic (exact) mass is 353 g/mol. The Morgan fingerprint density at radius 1 is 1.23 bits per heavy atom. The van der Waals surface area contributed by atoms with Gasteiger partial charge in [0.15, 0.2) is 0 Å². The van der Waals surface area contributed by atoms with E-state index in [9.17, 15) is 9.59 Å². The number of nitrogens with one attached hydrogen (secondary N) is 2. The van der Waals surface area contributed by atoms with E-state index in [4.69, 9.17) is 0 Å². The summed E-state index contributed by atoms with van der Waals surface area (Å²) in [6, 6.07) is 9.64. The Morgan fingerprint density at radius 2 is 2.04 bits per heavy atom. The number of rotatable bonds is 5. The van der Waals surface area contributed by atoms with Crippen LogP contribution < -0.4 is 10.6 Å². The van der Waals surface area contributed by atoms with Crippen LogP contribution in [-0.2, 0) is 16.1 Å². The highest BCUT2D eigenvalue weighted by Gasteiger charge is 2.35. The lowest BCUT2D eigenvalue weighted by Gasteiger charge is -2.35. The molecule has 1 aromatic carbocycles. The summed E-state index contributed by atoms with van der Waals surface area (Å²) in [5, 5.41) is 6.23. The number of benzene rings is 1. The van der Waals surface area contributed by atoms with E-state index in [1.807, 2.05) is 41.1 Å². The molecule has 1 aliphatic heterocycles. The van der Waals surface area contributed by atoms with Gasteiger partial charge >= 0.3 is 0 Å². The summed E-state index contributed by atoms with van der Waals surface area (Å²) in [6.45, 7) is 1.92. The van der Waals surface area contributed by atoms with E-state index in [-0.39, 0.29) is 18.4 Å². The van der Waals surface area contributed by atoms with E-state index >= 15 is 0 Å². The van der Waals surface area contributed by atoms with Gasteiger partial charge in [0.25, 0.3) is 0 Å². The van der Waals surface area contributed by atoms with Crippen LogP contribution in [-0.4, -0.2) is 58.0 Å². The van der Waals surface area contributed by atoms with Crippen LogP contribution in [0.15, 0.2) is 42.7 Å². The topological polar surface area (TPSA) is 79.3 Å². The van der Waals surface area contributed by atoms with Gasteiger partial charge in [-0.1, -0.05) is 30.3 Å². The lowest BCUT2D eigenvalue weighted by atomic mass is 10.1. The number of carbonyl (C=O) groups is 2. The van der Waals surface area contributed by atoms with Gasteiger partial charge in [-0.05, 0) is 12.8 Å². The van der Waals surface area contributed by atoms with Gasteiger partial charge in [-0.15, -0.1) is 0 Å². The van der Waals surface area contributed by atoms with Crippen LogP contribution in [0.5, 0.6) is 0 Å². The van der Waals surface area contributed by atoms with Crippen LogP contribution in [0, 0.1) is 0 Å². The Morgan fingerprint density at radius 3 is 2.81 bits per heavy atom. The third kappa shape index (κ3) is 3.62. The number of imidazole rings is 1. The van der Waals surface area contributed by atoms with Crippen molar-refractivity contribution in [2.24, 2.45) is 0 Å². The van der Waals surface area contributed by atoms with E-state index in [0.717, 1.165) is 24.2 Å². The molecule has 1 saturated heterocycles. The first-order chi connectivity index (χ1) is 12.7. The van der Waals surface area contributed by atoms with Gasteiger partial charge in [0.1, 0.15) is 18.4 Å². The number of carbonyl (C=O) groups excluding carboxylic acids is 2. The second kappa shape index (κ2) is 7.29. The average molecular weight is 353 g/mol. The molecule has 2 amide bonds. The van der Waals surface area contributed by atoms with Crippen LogP contribution in [0.2, 0.25) is 0 Å². The highest BCUT2D eigenvalue weighted by molar-refractivity contribution is 5.88. The van der Waals surface area contributed by atoms with Gasteiger partial charge < -0.3 is 20.1 Å². The fraction of sp³-hybridized carbons (Fsp3) is 0.421. The lowest BCUT2D eigenvalue weighted by Crippen LogP contribution is -2.60. The van der Waals surface area contributed by atoms with E-state index in [2.05, 4.69) is 15.6 Å².